The van der Waals surface area contributed by atoms with Crippen molar-refractivity contribution in [1.29, 1.82) is 0 Å². The van der Waals surface area contributed by atoms with E-state index in [1.54, 1.807) is 0 Å². The Morgan fingerprint density at radius 3 is 1.10 bits per heavy atom. The molecule has 7 aromatic carbocycles. The first-order chi connectivity index (χ1) is 28.8. The van der Waals surface area contributed by atoms with Crippen molar-refractivity contribution in [3.8, 4) is 67.5 Å². The van der Waals surface area contributed by atoms with Gasteiger partial charge in [-0.1, -0.05) is 153 Å². The van der Waals surface area contributed by atoms with Crippen LogP contribution < -0.4 is 60.1 Å². The quantitative estimate of drug-likeness (QED) is 0.158. The number of nitrogens with zero attached hydrogens (tertiary/aromatic N) is 3. The predicted octanol–water partition coefficient (Wildman–Crippen LogP) is -6.92. The smallest absolute Gasteiger partial charge is 0.164 e. The molecule has 0 unspecified atom stereocenters. The number of thiophene rings is 1. The molecule has 9 aromatic rings. The summed E-state index contributed by atoms with van der Waals surface area (Å²) >= 11 is 1.90. The highest BCUT2D eigenvalue weighted by Gasteiger charge is 2.26. The normalized spacial score (nSPS) is 11.4. The van der Waals surface area contributed by atoms with Crippen LogP contribution in [0.3, 0.4) is 0 Å². The molecule has 0 amide bonds. The van der Waals surface area contributed by atoms with E-state index in [0.29, 0.717) is 17.5 Å². The lowest BCUT2D eigenvalue weighted by atomic mass is 9.57. The number of hydrogen-bond acceptors (Lipinski definition) is 4. The Balaban J connectivity index is 1.24. The number of aromatic nitrogens is 3. The van der Waals surface area contributed by atoms with Crippen molar-refractivity contribution in [2.45, 2.75) is 0 Å². The lowest BCUT2D eigenvalue weighted by Crippen LogP contribution is -2.56. The van der Waals surface area contributed by atoms with Crippen LogP contribution in [0.25, 0.3) is 87.7 Å². The first-order valence-electron chi connectivity index (χ1n) is 21.0. The standard InChI is InChI=1S/C45H40B11N3S/c46-30-26(25-31(47)38(54)40(56)39(55)32(25)48)36(52)42-28(33(30)49)27-34(50)37(53)35(51)29(41(27)60-42)45-58-43(23-9-5-2-6-10-23)57-44(59-45)24-17-15-22(16-18-24)21-13-11-20(12-14-21)19-7-3-1-4-8-19/h1-18H,46-56H2. The second kappa shape index (κ2) is 15.5. The van der Waals surface area contributed by atoms with E-state index in [2.05, 4.69) is 177 Å². The zero-order valence-electron chi connectivity index (χ0n) is 36.6. The van der Waals surface area contributed by atoms with Gasteiger partial charge in [0.25, 0.3) is 0 Å². The second-order valence-electron chi connectivity index (χ2n) is 16.7. The van der Waals surface area contributed by atoms with Crippen molar-refractivity contribution < 1.29 is 0 Å². The molecule has 0 N–H and O–H groups in total. The van der Waals surface area contributed by atoms with Gasteiger partial charge in [-0.3, -0.25) is 0 Å². The molecule has 0 atom stereocenters. The molecule has 0 aliphatic carbocycles. The summed E-state index contributed by atoms with van der Waals surface area (Å²) in [6.45, 7) is 0. The van der Waals surface area contributed by atoms with E-state index in [1.165, 1.54) is 108 Å². The second-order valence-corrected chi connectivity index (χ2v) is 17.7. The van der Waals surface area contributed by atoms with Crippen LogP contribution >= 0.6 is 11.3 Å². The molecule has 0 saturated heterocycles. The lowest BCUT2D eigenvalue weighted by Gasteiger charge is -2.25. The largest absolute Gasteiger partial charge is 0.208 e. The lowest BCUT2D eigenvalue weighted by molar-refractivity contribution is 1.08. The summed E-state index contributed by atoms with van der Waals surface area (Å²) in [5.74, 6) is 2.04. The third-order valence-corrected chi connectivity index (χ3v) is 15.0. The Kier molecular flexibility index (Phi) is 10.3. The van der Waals surface area contributed by atoms with Gasteiger partial charge in [0.2, 0.25) is 0 Å². The third kappa shape index (κ3) is 6.48. The summed E-state index contributed by atoms with van der Waals surface area (Å²) in [6, 6.07) is 38.3. The summed E-state index contributed by atoms with van der Waals surface area (Å²) in [7, 11) is 25.2. The maximum Gasteiger partial charge on any atom is 0.164 e. The highest BCUT2D eigenvalue weighted by Crippen LogP contribution is 2.37. The number of fused-ring (bicyclic) bond motifs is 3. The van der Waals surface area contributed by atoms with E-state index in [4.69, 9.17) is 15.0 Å². The van der Waals surface area contributed by atoms with Crippen molar-refractivity contribution in [2.75, 3.05) is 0 Å². The van der Waals surface area contributed by atoms with Crippen LogP contribution in [0.4, 0.5) is 0 Å². The summed E-state index contributed by atoms with van der Waals surface area (Å²) in [6.07, 6.45) is 0. The van der Waals surface area contributed by atoms with Gasteiger partial charge in [0.05, 0.1) is 0 Å². The monoisotopic (exact) mass is 775 g/mol. The topological polar surface area (TPSA) is 38.7 Å². The Labute approximate surface area is 367 Å². The first kappa shape index (κ1) is 39.9. The Morgan fingerprint density at radius 2 is 0.583 bits per heavy atom. The van der Waals surface area contributed by atoms with E-state index >= 15 is 0 Å². The predicted molar refractivity (Wildman–Crippen MR) is 295 cm³/mol. The van der Waals surface area contributed by atoms with Crippen molar-refractivity contribution in [2.24, 2.45) is 0 Å². The molecule has 60 heavy (non-hydrogen) atoms. The molecular formula is C45H40B11N3S. The molecule has 0 spiro atoms. The third-order valence-electron chi connectivity index (χ3n) is 13.6. The Hall–Kier alpha value is -5.52. The van der Waals surface area contributed by atoms with Crippen molar-refractivity contribution in [1.82, 2.24) is 15.0 Å². The van der Waals surface area contributed by atoms with Gasteiger partial charge in [0.1, 0.15) is 86.3 Å². The van der Waals surface area contributed by atoms with Crippen LogP contribution in [0.2, 0.25) is 0 Å². The van der Waals surface area contributed by atoms with E-state index in [1.807, 2.05) is 29.5 Å². The molecule has 0 aliphatic rings. The fourth-order valence-corrected chi connectivity index (χ4v) is 10.9. The van der Waals surface area contributed by atoms with Crippen LogP contribution in [0.15, 0.2) is 109 Å². The molecule has 2 aromatic heterocycles. The average molecular weight is 774 g/mol. The Bertz CT molecular complexity index is 3170. The van der Waals surface area contributed by atoms with Gasteiger partial charge < -0.3 is 0 Å². The highest BCUT2D eigenvalue weighted by molar-refractivity contribution is 7.28. The van der Waals surface area contributed by atoms with Gasteiger partial charge in [-0.15, -0.1) is 27.7 Å². The SMILES string of the molecule is Bc1c(B)c(B)c(-c2c(B)c(B)c3c(sc4c(-c5nc(-c6ccccc6)nc(-c6ccc(-c7ccc(-c8ccccc8)cc7)cc6)n5)c(B)c(B)c(B)c43)c2B)c(B)c1B. The minimum absolute atomic E-state index is 0.665. The van der Waals surface area contributed by atoms with Crippen LogP contribution in [-0.2, 0) is 0 Å². The van der Waals surface area contributed by atoms with Crippen molar-refractivity contribution >= 4 is 178 Å². The molecule has 0 fully saturated rings. The van der Waals surface area contributed by atoms with Crippen LogP contribution in [-0.4, -0.2) is 101 Å². The Morgan fingerprint density at radius 1 is 0.267 bits per heavy atom. The minimum atomic E-state index is 0.665. The van der Waals surface area contributed by atoms with Crippen LogP contribution in [0.5, 0.6) is 0 Å². The fraction of sp³-hybridized carbons (Fsp3) is 0. The van der Waals surface area contributed by atoms with Gasteiger partial charge in [-0.2, -0.15) is 0 Å². The zero-order chi connectivity index (χ0) is 42.1. The fourth-order valence-electron chi connectivity index (χ4n) is 9.33. The summed E-state index contributed by atoms with van der Waals surface area (Å²) < 4.78 is 2.58. The van der Waals surface area contributed by atoms with Gasteiger partial charge in [0.15, 0.2) is 17.5 Å². The van der Waals surface area contributed by atoms with Gasteiger partial charge in [0, 0.05) is 26.1 Å². The van der Waals surface area contributed by atoms with E-state index < -0.39 is 0 Å². The molecule has 274 valence electrons. The molecule has 0 saturated carbocycles. The van der Waals surface area contributed by atoms with Crippen LogP contribution in [0, 0.1) is 0 Å². The number of hydrogen-bond donors (Lipinski definition) is 0. The molecule has 15 heteroatoms. The zero-order valence-corrected chi connectivity index (χ0v) is 37.5. The average Bonchev–Trinajstić information content (AvgIpc) is 3.69. The molecule has 0 aliphatic heterocycles. The van der Waals surface area contributed by atoms with Gasteiger partial charge in [-0.25, -0.2) is 15.0 Å². The summed E-state index contributed by atoms with van der Waals surface area (Å²) in [4.78, 5) is 15.8. The van der Waals surface area contributed by atoms with E-state index in [9.17, 15) is 0 Å². The summed E-state index contributed by atoms with van der Waals surface area (Å²) in [5.41, 5.74) is 25.3. The molecule has 0 bridgehead atoms. The van der Waals surface area contributed by atoms with Crippen LogP contribution in [0.1, 0.15) is 0 Å². The summed E-state index contributed by atoms with van der Waals surface area (Å²) in [5, 5.41) is 2.68. The molecular weight excluding hydrogens is 734 g/mol. The first-order valence-corrected chi connectivity index (χ1v) is 21.8. The van der Waals surface area contributed by atoms with Crippen molar-refractivity contribution in [3.63, 3.8) is 0 Å². The van der Waals surface area contributed by atoms with E-state index in [-0.39, 0.29) is 0 Å². The highest BCUT2D eigenvalue weighted by atomic mass is 32.1. The van der Waals surface area contributed by atoms with E-state index in [0.717, 1.165) is 22.3 Å². The van der Waals surface area contributed by atoms with Gasteiger partial charge >= 0.3 is 0 Å². The molecule has 9 rings (SSSR count). The maximum absolute atomic E-state index is 5.36. The number of benzene rings is 7. The number of rotatable bonds is 6. The van der Waals surface area contributed by atoms with Gasteiger partial charge in [-0.05, 0) is 44.2 Å². The molecule has 3 nitrogen and oxygen atoms in total. The molecule has 0 radical (unpaired) electrons. The molecule has 2 heterocycles. The minimum Gasteiger partial charge on any atom is -0.208 e. The maximum atomic E-state index is 5.36. The van der Waals surface area contributed by atoms with Crippen molar-refractivity contribution in [3.05, 3.63) is 109 Å².